The summed E-state index contributed by atoms with van der Waals surface area (Å²) in [5.74, 6) is 2.03. The van der Waals surface area contributed by atoms with E-state index in [9.17, 15) is 4.79 Å². The zero-order valence-electron chi connectivity index (χ0n) is 11.3. The van der Waals surface area contributed by atoms with Crippen LogP contribution in [0.25, 0.3) is 0 Å². The van der Waals surface area contributed by atoms with Gasteiger partial charge >= 0.3 is 0 Å². The van der Waals surface area contributed by atoms with Crippen LogP contribution < -0.4 is 0 Å². The number of carbonyl (C=O) groups is 1. The Bertz CT molecular complexity index is 683. The molecule has 0 amide bonds. The summed E-state index contributed by atoms with van der Waals surface area (Å²) in [6.45, 7) is 0. The van der Waals surface area contributed by atoms with Crippen molar-refractivity contribution in [1.29, 1.82) is 0 Å². The number of benzene rings is 2. The Hall–Kier alpha value is -1.89. The van der Waals surface area contributed by atoms with E-state index >= 15 is 0 Å². The highest BCUT2D eigenvalue weighted by Gasteiger charge is 2.54. The van der Waals surface area contributed by atoms with Crippen molar-refractivity contribution < 1.29 is 4.79 Å². The second-order valence-corrected chi connectivity index (χ2v) is 6.41. The van der Waals surface area contributed by atoms with E-state index in [-0.39, 0.29) is 5.92 Å². The first-order chi connectivity index (χ1) is 9.86. The minimum absolute atomic E-state index is 0.241. The molecule has 1 nitrogen and oxygen atoms in total. The van der Waals surface area contributed by atoms with Gasteiger partial charge in [0.2, 0.25) is 0 Å². The van der Waals surface area contributed by atoms with Crippen molar-refractivity contribution in [2.24, 2.45) is 11.8 Å². The Morgan fingerprint density at radius 3 is 1.80 bits per heavy atom. The standard InChI is InChI=1S/C19H16O/c20-16-10-9-15-17-11-5-1-3-7-13(11)18(19(15)16)14-8-4-2-6-12(14)17/h1-8,15,17-19H,9-10H2/t15-,17?,18?,19-/m0/s1. The van der Waals surface area contributed by atoms with Gasteiger partial charge in [0.1, 0.15) is 5.78 Å². The lowest BCUT2D eigenvalue weighted by atomic mass is 9.55. The zero-order valence-corrected chi connectivity index (χ0v) is 11.3. The highest BCUT2D eigenvalue weighted by molar-refractivity contribution is 5.87. The maximum atomic E-state index is 12.4. The molecule has 4 aliphatic rings. The van der Waals surface area contributed by atoms with Crippen LogP contribution in [0.1, 0.15) is 46.9 Å². The molecular weight excluding hydrogens is 244 g/mol. The summed E-state index contributed by atoms with van der Waals surface area (Å²) >= 11 is 0. The van der Waals surface area contributed by atoms with Gasteiger partial charge in [-0.25, -0.2) is 0 Å². The molecule has 0 saturated heterocycles. The van der Waals surface area contributed by atoms with E-state index in [1.54, 1.807) is 0 Å². The van der Waals surface area contributed by atoms with Crippen molar-refractivity contribution in [1.82, 2.24) is 0 Å². The van der Waals surface area contributed by atoms with Crippen LogP contribution in [0.3, 0.4) is 0 Å². The van der Waals surface area contributed by atoms with E-state index in [2.05, 4.69) is 48.5 Å². The molecular formula is C19H16O. The SMILES string of the molecule is O=C1CC[C@H]2C3c4ccccc4C(c4ccccc43)[C@H]12. The van der Waals surface area contributed by atoms with Crippen LogP contribution in [0, 0.1) is 11.8 Å². The van der Waals surface area contributed by atoms with Crippen molar-refractivity contribution in [3.63, 3.8) is 0 Å². The van der Waals surface area contributed by atoms with E-state index < -0.39 is 0 Å². The minimum Gasteiger partial charge on any atom is -0.299 e. The predicted molar refractivity (Wildman–Crippen MR) is 77.8 cm³/mol. The molecule has 6 rings (SSSR count). The van der Waals surface area contributed by atoms with Gasteiger partial charge in [-0.2, -0.15) is 0 Å². The molecule has 0 spiro atoms. The average Bonchev–Trinajstić information content (AvgIpc) is 2.90. The Balaban J connectivity index is 1.86. The number of hydrogen-bond acceptors (Lipinski definition) is 1. The number of rotatable bonds is 0. The van der Waals surface area contributed by atoms with Crippen molar-refractivity contribution >= 4 is 5.78 Å². The van der Waals surface area contributed by atoms with Crippen LogP contribution in [0.4, 0.5) is 0 Å². The van der Waals surface area contributed by atoms with E-state index in [1.807, 2.05) is 0 Å². The Labute approximate surface area is 118 Å². The molecule has 2 atom stereocenters. The first-order valence-corrected chi connectivity index (χ1v) is 7.56. The van der Waals surface area contributed by atoms with E-state index in [4.69, 9.17) is 0 Å². The first kappa shape index (κ1) is 10.8. The van der Waals surface area contributed by atoms with E-state index in [0.717, 1.165) is 12.8 Å². The van der Waals surface area contributed by atoms with Crippen LogP contribution in [0.2, 0.25) is 0 Å². The molecule has 1 heteroatoms. The molecule has 4 aliphatic carbocycles. The average molecular weight is 260 g/mol. The van der Waals surface area contributed by atoms with Gasteiger partial charge in [0, 0.05) is 24.2 Å². The second-order valence-electron chi connectivity index (χ2n) is 6.41. The summed E-state index contributed by atoms with van der Waals surface area (Å²) < 4.78 is 0. The third-order valence-corrected chi connectivity index (χ3v) is 5.68. The summed E-state index contributed by atoms with van der Waals surface area (Å²) in [6, 6.07) is 17.6. The fourth-order valence-electron chi connectivity index (χ4n) is 5.04. The van der Waals surface area contributed by atoms with Crippen LogP contribution in [0.5, 0.6) is 0 Å². The Morgan fingerprint density at radius 1 is 0.750 bits per heavy atom. The molecule has 2 aromatic rings. The molecule has 0 heterocycles. The van der Waals surface area contributed by atoms with Gasteiger partial charge in [-0.15, -0.1) is 0 Å². The molecule has 98 valence electrons. The van der Waals surface area contributed by atoms with Crippen LogP contribution in [-0.4, -0.2) is 5.78 Å². The monoisotopic (exact) mass is 260 g/mol. The van der Waals surface area contributed by atoms with Gasteiger partial charge < -0.3 is 0 Å². The normalized spacial score (nSPS) is 32.7. The summed E-state index contributed by atoms with van der Waals surface area (Å²) in [5, 5.41) is 0. The molecule has 1 fully saturated rings. The van der Waals surface area contributed by atoms with Crippen LogP contribution >= 0.6 is 0 Å². The topological polar surface area (TPSA) is 17.1 Å². The molecule has 0 aromatic heterocycles. The van der Waals surface area contributed by atoms with Gasteiger partial charge in [0.05, 0.1) is 0 Å². The molecule has 0 aliphatic heterocycles. The highest BCUT2D eigenvalue weighted by Crippen LogP contribution is 2.61. The number of Topliss-reactive ketones (excluding diaryl/α,β-unsaturated/α-hetero) is 1. The maximum absolute atomic E-state index is 12.4. The summed E-state index contributed by atoms with van der Waals surface area (Å²) in [4.78, 5) is 12.4. The number of hydrogen-bond donors (Lipinski definition) is 0. The van der Waals surface area contributed by atoms with Gasteiger partial charge in [-0.05, 0) is 34.6 Å². The Morgan fingerprint density at radius 2 is 1.25 bits per heavy atom. The Kier molecular flexibility index (Phi) is 1.95. The number of ketones is 1. The van der Waals surface area contributed by atoms with Crippen molar-refractivity contribution in [3.8, 4) is 0 Å². The highest BCUT2D eigenvalue weighted by atomic mass is 16.1. The first-order valence-electron chi connectivity index (χ1n) is 7.56. The minimum atomic E-state index is 0.241. The lowest BCUT2D eigenvalue weighted by Crippen LogP contribution is -2.39. The largest absolute Gasteiger partial charge is 0.299 e. The predicted octanol–water partition coefficient (Wildman–Crippen LogP) is 3.87. The summed E-state index contributed by atoms with van der Waals surface area (Å²) in [7, 11) is 0. The van der Waals surface area contributed by atoms with Crippen LogP contribution in [0.15, 0.2) is 48.5 Å². The van der Waals surface area contributed by atoms with E-state index in [0.29, 0.717) is 23.5 Å². The smallest absolute Gasteiger partial charge is 0.137 e. The summed E-state index contributed by atoms with van der Waals surface area (Å²) in [6.07, 6.45) is 1.86. The van der Waals surface area contributed by atoms with Crippen molar-refractivity contribution in [2.45, 2.75) is 24.7 Å². The van der Waals surface area contributed by atoms with E-state index in [1.165, 1.54) is 22.3 Å². The third-order valence-electron chi connectivity index (χ3n) is 5.68. The van der Waals surface area contributed by atoms with Crippen molar-refractivity contribution in [2.75, 3.05) is 0 Å². The van der Waals surface area contributed by atoms with Gasteiger partial charge in [-0.1, -0.05) is 48.5 Å². The third kappa shape index (κ3) is 1.13. The second kappa shape index (κ2) is 3.60. The molecule has 0 radical (unpaired) electrons. The summed E-state index contributed by atoms with van der Waals surface area (Å²) in [5.41, 5.74) is 5.78. The number of carbonyl (C=O) groups excluding carboxylic acids is 1. The lowest BCUT2D eigenvalue weighted by Gasteiger charge is -2.47. The molecule has 2 aromatic carbocycles. The van der Waals surface area contributed by atoms with Gasteiger partial charge in [-0.3, -0.25) is 4.79 Å². The molecule has 0 unspecified atom stereocenters. The fourth-order valence-corrected chi connectivity index (χ4v) is 5.04. The molecule has 1 saturated carbocycles. The molecule has 0 N–H and O–H groups in total. The van der Waals surface area contributed by atoms with Crippen molar-refractivity contribution in [3.05, 3.63) is 70.8 Å². The molecule has 20 heavy (non-hydrogen) atoms. The van der Waals surface area contributed by atoms with Crippen LogP contribution in [-0.2, 0) is 4.79 Å². The lowest BCUT2D eigenvalue weighted by molar-refractivity contribution is -0.122. The van der Waals surface area contributed by atoms with Gasteiger partial charge in [0.25, 0.3) is 0 Å². The quantitative estimate of drug-likeness (QED) is 0.702. The zero-order chi connectivity index (χ0) is 13.3. The van der Waals surface area contributed by atoms with Gasteiger partial charge in [0.15, 0.2) is 0 Å². The maximum Gasteiger partial charge on any atom is 0.137 e. The fraction of sp³-hybridized carbons (Fsp3) is 0.316. The molecule has 2 bridgehead atoms.